The number of nitrogens with zero attached hydrogens (tertiary/aromatic N) is 2. The predicted octanol–water partition coefficient (Wildman–Crippen LogP) is 3.15. The van der Waals surface area contributed by atoms with Crippen molar-refractivity contribution in [2.45, 2.75) is 6.18 Å². The van der Waals surface area contributed by atoms with E-state index in [1.54, 1.807) is 37.2 Å². The van der Waals surface area contributed by atoms with Crippen LogP contribution in [0.2, 0.25) is 0 Å². The summed E-state index contributed by atoms with van der Waals surface area (Å²) in [6.45, 7) is -1.24. The Kier molecular flexibility index (Phi) is 5.86. The molecule has 7 heteroatoms. The van der Waals surface area contributed by atoms with Crippen LogP contribution in [0.1, 0.15) is 10.4 Å². The van der Waals surface area contributed by atoms with E-state index in [9.17, 15) is 18.0 Å². The summed E-state index contributed by atoms with van der Waals surface area (Å²) in [6.07, 6.45) is -4.41. The van der Waals surface area contributed by atoms with Crippen molar-refractivity contribution in [1.82, 2.24) is 4.90 Å². The SMILES string of the molecule is CN(C)c1cccc(C(=O)N(CCBr)CC(F)(F)F)c1. The molecule has 1 aromatic carbocycles. The second-order valence-corrected chi connectivity index (χ2v) is 5.27. The average molecular weight is 353 g/mol. The third-order valence-electron chi connectivity index (χ3n) is 2.62. The molecule has 0 spiro atoms. The van der Waals surface area contributed by atoms with Gasteiger partial charge in [-0.25, -0.2) is 0 Å². The highest BCUT2D eigenvalue weighted by Gasteiger charge is 2.33. The summed E-state index contributed by atoms with van der Waals surface area (Å²) >= 11 is 3.07. The van der Waals surface area contributed by atoms with Gasteiger partial charge in [0.15, 0.2) is 0 Å². The predicted molar refractivity (Wildman–Crippen MR) is 76.5 cm³/mol. The minimum atomic E-state index is -4.41. The highest BCUT2D eigenvalue weighted by molar-refractivity contribution is 9.09. The maximum Gasteiger partial charge on any atom is 0.406 e. The number of carbonyl (C=O) groups excluding carboxylic acids is 1. The average Bonchev–Trinajstić information content (AvgIpc) is 2.36. The Balaban J connectivity index is 2.97. The van der Waals surface area contributed by atoms with Gasteiger partial charge < -0.3 is 9.80 Å². The summed E-state index contributed by atoms with van der Waals surface area (Å²) in [5.74, 6) is -0.620. The van der Waals surface area contributed by atoms with Crippen molar-refractivity contribution in [2.24, 2.45) is 0 Å². The van der Waals surface area contributed by atoms with Gasteiger partial charge in [-0.3, -0.25) is 4.79 Å². The molecular formula is C13H16BrF3N2O. The molecule has 0 aliphatic rings. The Hall–Kier alpha value is -1.24. The molecule has 0 N–H and O–H groups in total. The molecule has 1 rings (SSSR count). The number of amides is 1. The van der Waals surface area contributed by atoms with Crippen LogP contribution in [0, 0.1) is 0 Å². The Morgan fingerprint density at radius 3 is 2.45 bits per heavy atom. The van der Waals surface area contributed by atoms with E-state index in [4.69, 9.17) is 0 Å². The molecule has 0 radical (unpaired) electrons. The Morgan fingerprint density at radius 1 is 1.30 bits per heavy atom. The smallest absolute Gasteiger partial charge is 0.378 e. The summed E-state index contributed by atoms with van der Waals surface area (Å²) in [6, 6.07) is 6.55. The first kappa shape index (κ1) is 16.8. The molecule has 0 aromatic heterocycles. The third kappa shape index (κ3) is 5.03. The number of hydrogen-bond acceptors (Lipinski definition) is 2. The van der Waals surface area contributed by atoms with Crippen LogP contribution in [0.5, 0.6) is 0 Å². The van der Waals surface area contributed by atoms with Crippen LogP contribution in [0.15, 0.2) is 24.3 Å². The third-order valence-corrected chi connectivity index (χ3v) is 2.98. The lowest BCUT2D eigenvalue weighted by molar-refractivity contribution is -0.140. The molecule has 0 fully saturated rings. The number of halogens is 4. The molecule has 1 amide bonds. The molecule has 112 valence electrons. The van der Waals surface area contributed by atoms with Gasteiger partial charge in [-0.2, -0.15) is 13.2 Å². The molecule has 0 unspecified atom stereocenters. The van der Waals surface area contributed by atoms with Crippen molar-refractivity contribution >= 4 is 27.5 Å². The molecule has 0 aliphatic carbocycles. The summed E-state index contributed by atoms with van der Waals surface area (Å²) in [4.78, 5) is 14.8. The topological polar surface area (TPSA) is 23.6 Å². The van der Waals surface area contributed by atoms with Crippen molar-refractivity contribution in [3.63, 3.8) is 0 Å². The molecule has 20 heavy (non-hydrogen) atoms. The Bertz CT molecular complexity index is 463. The first-order chi connectivity index (χ1) is 9.24. The highest BCUT2D eigenvalue weighted by Crippen LogP contribution is 2.20. The Labute approximate surface area is 124 Å². The maximum absolute atomic E-state index is 12.5. The fourth-order valence-corrected chi connectivity index (χ4v) is 2.10. The van der Waals surface area contributed by atoms with Crippen LogP contribution in [0.4, 0.5) is 18.9 Å². The van der Waals surface area contributed by atoms with Gasteiger partial charge in [-0.15, -0.1) is 0 Å². The minimum absolute atomic E-state index is 0.00450. The van der Waals surface area contributed by atoms with Gasteiger partial charge in [0.2, 0.25) is 0 Å². The maximum atomic E-state index is 12.5. The number of alkyl halides is 4. The van der Waals surface area contributed by atoms with E-state index in [2.05, 4.69) is 15.9 Å². The van der Waals surface area contributed by atoms with E-state index in [-0.39, 0.29) is 12.1 Å². The quantitative estimate of drug-likeness (QED) is 0.760. The van der Waals surface area contributed by atoms with E-state index < -0.39 is 18.6 Å². The summed E-state index contributed by atoms with van der Waals surface area (Å²) in [5, 5.41) is 0.294. The first-order valence-corrected chi connectivity index (χ1v) is 7.06. The van der Waals surface area contributed by atoms with Gasteiger partial charge in [0.25, 0.3) is 5.91 Å². The number of anilines is 1. The van der Waals surface area contributed by atoms with Crippen LogP contribution in [-0.2, 0) is 0 Å². The molecule has 0 aliphatic heterocycles. The van der Waals surface area contributed by atoms with E-state index in [0.717, 1.165) is 10.6 Å². The molecule has 3 nitrogen and oxygen atoms in total. The zero-order valence-electron chi connectivity index (χ0n) is 11.2. The van der Waals surface area contributed by atoms with Crippen LogP contribution in [0.25, 0.3) is 0 Å². The second-order valence-electron chi connectivity index (χ2n) is 4.48. The Morgan fingerprint density at radius 2 is 1.95 bits per heavy atom. The van der Waals surface area contributed by atoms with E-state index in [1.807, 2.05) is 0 Å². The van der Waals surface area contributed by atoms with Crippen molar-refractivity contribution in [1.29, 1.82) is 0 Å². The van der Waals surface area contributed by atoms with Crippen LogP contribution >= 0.6 is 15.9 Å². The standard InChI is InChI=1S/C13H16BrF3N2O/c1-18(2)11-5-3-4-10(8-11)12(20)19(7-6-14)9-13(15,16)17/h3-5,8H,6-7,9H2,1-2H3. The van der Waals surface area contributed by atoms with Crippen molar-refractivity contribution in [3.8, 4) is 0 Å². The highest BCUT2D eigenvalue weighted by atomic mass is 79.9. The normalized spacial score (nSPS) is 11.3. The van der Waals surface area contributed by atoms with Gasteiger partial charge in [-0.1, -0.05) is 22.0 Å². The fourth-order valence-electron chi connectivity index (χ4n) is 1.67. The first-order valence-electron chi connectivity index (χ1n) is 5.94. The number of benzene rings is 1. The molecule has 0 saturated heterocycles. The van der Waals surface area contributed by atoms with Crippen molar-refractivity contribution in [3.05, 3.63) is 29.8 Å². The van der Waals surface area contributed by atoms with Crippen LogP contribution in [-0.4, -0.2) is 49.5 Å². The van der Waals surface area contributed by atoms with Gasteiger partial charge in [0.05, 0.1) is 0 Å². The molecule has 0 saturated carbocycles. The number of rotatable bonds is 5. The number of hydrogen-bond donors (Lipinski definition) is 0. The fraction of sp³-hybridized carbons (Fsp3) is 0.462. The molecular weight excluding hydrogens is 337 g/mol. The van der Waals surface area contributed by atoms with Crippen LogP contribution < -0.4 is 4.90 Å². The monoisotopic (exact) mass is 352 g/mol. The van der Waals surface area contributed by atoms with Gasteiger partial charge >= 0.3 is 6.18 Å². The van der Waals surface area contributed by atoms with E-state index >= 15 is 0 Å². The molecule has 1 aromatic rings. The van der Waals surface area contributed by atoms with E-state index in [0.29, 0.717) is 5.33 Å². The largest absolute Gasteiger partial charge is 0.406 e. The van der Waals surface area contributed by atoms with Gasteiger partial charge in [-0.05, 0) is 18.2 Å². The lowest BCUT2D eigenvalue weighted by Crippen LogP contribution is -2.40. The molecule has 0 bridgehead atoms. The summed E-state index contributed by atoms with van der Waals surface area (Å²) < 4.78 is 37.5. The zero-order chi connectivity index (χ0) is 15.3. The van der Waals surface area contributed by atoms with Gasteiger partial charge in [0, 0.05) is 37.2 Å². The van der Waals surface area contributed by atoms with Crippen LogP contribution in [0.3, 0.4) is 0 Å². The number of carbonyl (C=O) groups is 1. The molecule has 0 atom stereocenters. The second kappa shape index (κ2) is 6.97. The lowest BCUT2D eigenvalue weighted by Gasteiger charge is -2.23. The zero-order valence-corrected chi connectivity index (χ0v) is 12.8. The lowest BCUT2D eigenvalue weighted by atomic mass is 10.1. The van der Waals surface area contributed by atoms with Crippen molar-refractivity contribution < 1.29 is 18.0 Å². The van der Waals surface area contributed by atoms with E-state index in [1.165, 1.54) is 6.07 Å². The minimum Gasteiger partial charge on any atom is -0.378 e. The summed E-state index contributed by atoms with van der Waals surface area (Å²) in [5.41, 5.74) is 1.02. The molecule has 0 heterocycles. The van der Waals surface area contributed by atoms with Gasteiger partial charge in [0.1, 0.15) is 6.54 Å². The summed E-state index contributed by atoms with van der Waals surface area (Å²) in [7, 11) is 3.60. The van der Waals surface area contributed by atoms with Crippen molar-refractivity contribution in [2.75, 3.05) is 37.4 Å².